The second kappa shape index (κ2) is 8.05. The van der Waals surface area contributed by atoms with Gasteiger partial charge in [0.05, 0.1) is 10.8 Å². The average Bonchev–Trinajstić information content (AvgIpc) is 2.33. The van der Waals surface area contributed by atoms with E-state index in [9.17, 15) is 19.8 Å². The maximum atomic E-state index is 10.1. The molecule has 13 heavy (non-hydrogen) atoms. The van der Waals surface area contributed by atoms with E-state index in [4.69, 9.17) is 0 Å². The first-order valence-electron chi connectivity index (χ1n) is 2.50. The normalized spacial score (nSPS) is 8.00. The number of aromatic carboxylic acids is 2. The van der Waals surface area contributed by atoms with Crippen molar-refractivity contribution in [3.63, 3.8) is 0 Å². The molecule has 1 aromatic rings. The Bertz CT molecular complexity index is 285. The minimum Gasteiger partial charge on any atom is -0.544 e. The van der Waals surface area contributed by atoms with Crippen molar-refractivity contribution in [1.82, 2.24) is 4.98 Å². The fourth-order valence-electron chi connectivity index (χ4n) is 0.463. The predicted molar refractivity (Wildman–Crippen MR) is 30.8 cm³/mol. The zero-order valence-electron chi connectivity index (χ0n) is 7.07. The fraction of sp³-hybridized carbons (Fsp3) is 0. The molecule has 0 atom stereocenters. The van der Waals surface area contributed by atoms with Gasteiger partial charge in [0.2, 0.25) is 0 Å². The molecule has 0 saturated heterocycles. The number of rotatable bonds is 2. The quantitative estimate of drug-likeness (QED) is 0.485. The fourth-order valence-corrected chi connectivity index (χ4v) is 1.05. The van der Waals surface area contributed by atoms with Crippen molar-refractivity contribution in [2.45, 2.75) is 0 Å². The number of thiazole rings is 1. The van der Waals surface area contributed by atoms with E-state index in [1.165, 1.54) is 0 Å². The Balaban J connectivity index is 0. The first-order chi connectivity index (χ1) is 5.11. The van der Waals surface area contributed by atoms with Crippen molar-refractivity contribution in [1.29, 1.82) is 0 Å². The van der Waals surface area contributed by atoms with Crippen LogP contribution in [0.5, 0.6) is 0 Å². The number of carboxylic acids is 2. The third kappa shape index (κ3) is 5.47. The molecule has 0 aliphatic rings. The second-order valence-corrected chi connectivity index (χ2v) is 2.64. The van der Waals surface area contributed by atoms with E-state index in [1.807, 2.05) is 0 Å². The molecular formula is C5HK2NO4S. The molecule has 0 N–H and O–H groups in total. The van der Waals surface area contributed by atoms with Crippen LogP contribution in [0.2, 0.25) is 0 Å². The topological polar surface area (TPSA) is 93.2 Å². The van der Waals surface area contributed by atoms with E-state index >= 15 is 0 Å². The van der Waals surface area contributed by atoms with Crippen molar-refractivity contribution < 1.29 is 123 Å². The van der Waals surface area contributed by atoms with Gasteiger partial charge in [0.25, 0.3) is 0 Å². The van der Waals surface area contributed by atoms with E-state index in [-0.39, 0.29) is 113 Å². The van der Waals surface area contributed by atoms with Gasteiger partial charge >= 0.3 is 103 Å². The van der Waals surface area contributed by atoms with Crippen molar-refractivity contribution in [3.8, 4) is 0 Å². The van der Waals surface area contributed by atoms with Gasteiger partial charge in [-0.25, -0.2) is 4.98 Å². The molecule has 0 saturated carbocycles. The Hall–Kier alpha value is 1.84. The van der Waals surface area contributed by atoms with Crippen LogP contribution in [0.1, 0.15) is 19.5 Å². The van der Waals surface area contributed by atoms with E-state index in [0.717, 1.165) is 6.20 Å². The number of hydrogen-bond donors (Lipinski definition) is 0. The molecule has 1 aromatic heterocycles. The standard InChI is InChI=1S/C5H3NO4S.2K/c7-4(8)2-1-6-3(11-2)5(9)10;;/h1H,(H,7,8)(H,9,10);;/q;2*+1/p-2. The number of carboxylic acid groups (broad SMARTS) is 2. The van der Waals surface area contributed by atoms with Crippen LogP contribution in [-0.2, 0) is 0 Å². The molecule has 5 nitrogen and oxygen atoms in total. The van der Waals surface area contributed by atoms with Crippen molar-refractivity contribution in [2.24, 2.45) is 0 Å². The maximum Gasteiger partial charge on any atom is 1.00 e. The molecule has 58 valence electrons. The van der Waals surface area contributed by atoms with E-state index in [1.54, 1.807) is 0 Å². The van der Waals surface area contributed by atoms with Crippen LogP contribution < -0.4 is 113 Å². The predicted octanol–water partition coefficient (Wildman–Crippen LogP) is -8.12. The number of hydrogen-bond acceptors (Lipinski definition) is 6. The molecule has 8 heteroatoms. The summed E-state index contributed by atoms with van der Waals surface area (Å²) in [5.41, 5.74) is 0. The largest absolute Gasteiger partial charge is 1.00 e. The third-order valence-electron chi connectivity index (χ3n) is 0.881. The Morgan fingerprint density at radius 3 is 2.00 bits per heavy atom. The SMILES string of the molecule is O=C([O-])c1cnc(C(=O)[O-])s1.[K+].[K+]. The summed E-state index contributed by atoms with van der Waals surface area (Å²) in [6.45, 7) is 0. The molecule has 0 spiro atoms. The van der Waals surface area contributed by atoms with Crippen LogP contribution in [0.3, 0.4) is 0 Å². The van der Waals surface area contributed by atoms with Gasteiger partial charge in [-0.15, -0.1) is 11.3 Å². The van der Waals surface area contributed by atoms with Crippen LogP contribution in [-0.4, -0.2) is 16.9 Å². The van der Waals surface area contributed by atoms with Crippen LogP contribution >= 0.6 is 11.3 Å². The Labute approximate surface area is 163 Å². The third-order valence-corrected chi connectivity index (χ3v) is 1.84. The summed E-state index contributed by atoms with van der Waals surface area (Å²) in [4.78, 5) is 23.2. The summed E-state index contributed by atoms with van der Waals surface area (Å²) in [6.07, 6.45) is 0.922. The summed E-state index contributed by atoms with van der Waals surface area (Å²) in [5, 5.41) is 19.8. The number of carbonyl (C=O) groups is 2. The summed E-state index contributed by atoms with van der Waals surface area (Å²) in [7, 11) is 0. The van der Waals surface area contributed by atoms with Gasteiger partial charge < -0.3 is 19.8 Å². The Morgan fingerprint density at radius 1 is 1.23 bits per heavy atom. The molecular weight excluding hydrogens is 248 g/mol. The summed E-state index contributed by atoms with van der Waals surface area (Å²) < 4.78 is 0. The van der Waals surface area contributed by atoms with E-state index in [2.05, 4.69) is 4.98 Å². The molecule has 1 rings (SSSR count). The average molecular weight is 249 g/mol. The molecule has 0 bridgehead atoms. The van der Waals surface area contributed by atoms with Crippen LogP contribution in [0.15, 0.2) is 6.20 Å². The number of aromatic nitrogens is 1. The van der Waals surface area contributed by atoms with Crippen LogP contribution in [0.4, 0.5) is 0 Å². The second-order valence-electron chi connectivity index (χ2n) is 1.60. The van der Waals surface area contributed by atoms with Crippen LogP contribution in [0.25, 0.3) is 0 Å². The van der Waals surface area contributed by atoms with Crippen LogP contribution in [0, 0.1) is 0 Å². The minimum absolute atomic E-state index is 0. The molecule has 0 radical (unpaired) electrons. The van der Waals surface area contributed by atoms with Gasteiger partial charge in [-0.2, -0.15) is 0 Å². The molecule has 0 aliphatic carbocycles. The van der Waals surface area contributed by atoms with Gasteiger partial charge in [-0.05, 0) is 0 Å². The summed E-state index contributed by atoms with van der Waals surface area (Å²) in [5.74, 6) is -2.92. The van der Waals surface area contributed by atoms with Crippen molar-refractivity contribution >= 4 is 23.3 Å². The first kappa shape index (κ1) is 17.2. The zero-order chi connectivity index (χ0) is 8.43. The minimum atomic E-state index is -1.48. The van der Waals surface area contributed by atoms with E-state index < -0.39 is 11.9 Å². The van der Waals surface area contributed by atoms with Gasteiger partial charge in [0, 0.05) is 6.20 Å². The number of carbonyl (C=O) groups excluding carboxylic acids is 2. The summed E-state index contributed by atoms with van der Waals surface area (Å²) >= 11 is 0.514. The molecule has 0 fully saturated rings. The first-order valence-corrected chi connectivity index (χ1v) is 3.31. The van der Waals surface area contributed by atoms with Gasteiger partial charge in [0.1, 0.15) is 11.0 Å². The van der Waals surface area contributed by atoms with Crippen molar-refractivity contribution in [2.75, 3.05) is 0 Å². The molecule has 0 amide bonds. The zero-order valence-corrected chi connectivity index (χ0v) is 14.1. The summed E-state index contributed by atoms with van der Waals surface area (Å²) in [6, 6.07) is 0. The Kier molecular flexibility index (Phi) is 10.7. The molecule has 0 aliphatic heterocycles. The van der Waals surface area contributed by atoms with Gasteiger partial charge in [0.15, 0.2) is 0 Å². The van der Waals surface area contributed by atoms with Crippen molar-refractivity contribution in [3.05, 3.63) is 16.1 Å². The van der Waals surface area contributed by atoms with Gasteiger partial charge in [-0.3, -0.25) is 0 Å². The van der Waals surface area contributed by atoms with E-state index in [0.29, 0.717) is 11.3 Å². The Morgan fingerprint density at radius 2 is 1.77 bits per heavy atom. The monoisotopic (exact) mass is 249 g/mol. The maximum absolute atomic E-state index is 10.1. The molecule has 1 heterocycles. The molecule has 0 aromatic carbocycles. The number of nitrogens with zero attached hydrogens (tertiary/aromatic N) is 1. The smallest absolute Gasteiger partial charge is 0.544 e. The molecule has 0 unspecified atom stereocenters. The van der Waals surface area contributed by atoms with Gasteiger partial charge in [-0.1, -0.05) is 0 Å².